The maximum Gasteiger partial charge on any atom is 0.350 e. The summed E-state index contributed by atoms with van der Waals surface area (Å²) in [6.07, 6.45) is 1.43. The monoisotopic (exact) mass is 170 g/mol. The number of rotatable bonds is 2. The van der Waals surface area contributed by atoms with E-state index in [1.54, 1.807) is 0 Å². The number of hydrogen-bond acceptors (Lipinski definition) is 4. The number of esters is 2. The molecule has 1 heterocycles. The van der Waals surface area contributed by atoms with Gasteiger partial charge in [-0.2, -0.15) is 0 Å². The second-order valence-electron chi connectivity index (χ2n) is 2.74. The van der Waals surface area contributed by atoms with Crippen LogP contribution in [0, 0.1) is 0 Å². The molecule has 0 aromatic heterocycles. The smallest absolute Gasteiger partial charge is 0.350 e. The fourth-order valence-electron chi connectivity index (χ4n) is 0.950. The average Bonchev–Trinajstić information content (AvgIpc) is 2.32. The molecule has 0 aromatic carbocycles. The molecule has 1 aliphatic rings. The van der Waals surface area contributed by atoms with Crippen molar-refractivity contribution in [1.29, 1.82) is 0 Å². The first-order valence-corrected chi connectivity index (χ1v) is 3.61. The molecule has 0 radical (unpaired) electrons. The number of carbonyl (C=O) groups is 2. The van der Waals surface area contributed by atoms with Crippen LogP contribution < -0.4 is 0 Å². The predicted molar refractivity (Wildman–Crippen MR) is 40.3 cm³/mol. The summed E-state index contributed by atoms with van der Waals surface area (Å²) < 4.78 is 9.49. The van der Waals surface area contributed by atoms with Crippen molar-refractivity contribution in [3.8, 4) is 0 Å². The molecule has 0 aliphatic carbocycles. The summed E-state index contributed by atoms with van der Waals surface area (Å²) in [6, 6.07) is 0. The fourth-order valence-corrected chi connectivity index (χ4v) is 0.950. The van der Waals surface area contributed by atoms with Gasteiger partial charge in [0.25, 0.3) is 0 Å². The Morgan fingerprint density at radius 3 is 2.92 bits per heavy atom. The van der Waals surface area contributed by atoms with Crippen molar-refractivity contribution in [3.63, 3.8) is 0 Å². The minimum Gasteiger partial charge on any atom is -0.463 e. The van der Waals surface area contributed by atoms with Crippen LogP contribution in [0.5, 0.6) is 0 Å². The van der Waals surface area contributed by atoms with Gasteiger partial charge in [0.2, 0.25) is 5.60 Å². The quantitative estimate of drug-likeness (QED) is 0.445. The summed E-state index contributed by atoms with van der Waals surface area (Å²) in [7, 11) is 0. The van der Waals surface area contributed by atoms with Crippen LogP contribution in [0.4, 0.5) is 0 Å². The van der Waals surface area contributed by atoms with E-state index >= 15 is 0 Å². The van der Waals surface area contributed by atoms with Crippen LogP contribution in [0.15, 0.2) is 12.7 Å². The van der Waals surface area contributed by atoms with E-state index in [9.17, 15) is 9.59 Å². The van der Waals surface area contributed by atoms with Crippen molar-refractivity contribution in [3.05, 3.63) is 12.7 Å². The third-order valence-corrected chi connectivity index (χ3v) is 1.74. The highest BCUT2D eigenvalue weighted by atomic mass is 16.6. The van der Waals surface area contributed by atoms with E-state index in [1.165, 1.54) is 6.92 Å². The molecule has 1 fully saturated rings. The summed E-state index contributed by atoms with van der Waals surface area (Å²) >= 11 is 0. The summed E-state index contributed by atoms with van der Waals surface area (Å²) in [6.45, 7) is 5.07. The molecule has 0 spiro atoms. The van der Waals surface area contributed by atoms with E-state index < -0.39 is 17.5 Å². The van der Waals surface area contributed by atoms with Crippen molar-refractivity contribution in [2.24, 2.45) is 0 Å². The Morgan fingerprint density at radius 1 is 1.83 bits per heavy atom. The maximum atomic E-state index is 11.0. The molecule has 1 saturated heterocycles. The lowest BCUT2D eigenvalue weighted by Gasteiger charge is -2.17. The second kappa shape index (κ2) is 2.97. The van der Waals surface area contributed by atoms with Crippen molar-refractivity contribution >= 4 is 11.9 Å². The topological polar surface area (TPSA) is 52.6 Å². The van der Waals surface area contributed by atoms with E-state index in [0.29, 0.717) is 13.0 Å². The zero-order valence-corrected chi connectivity index (χ0v) is 6.83. The first-order valence-electron chi connectivity index (χ1n) is 3.61. The summed E-state index contributed by atoms with van der Waals surface area (Å²) in [4.78, 5) is 21.8. The molecule has 66 valence electrons. The molecule has 0 unspecified atom stereocenters. The van der Waals surface area contributed by atoms with Crippen LogP contribution in [0.25, 0.3) is 0 Å². The van der Waals surface area contributed by atoms with Crippen LogP contribution in [-0.2, 0) is 19.1 Å². The predicted octanol–water partition coefficient (Wildman–Crippen LogP) is 0.421. The van der Waals surface area contributed by atoms with Crippen molar-refractivity contribution in [2.45, 2.75) is 18.9 Å². The van der Waals surface area contributed by atoms with Gasteiger partial charge in [-0.25, -0.2) is 9.59 Å². The molecule has 4 nitrogen and oxygen atoms in total. The summed E-state index contributed by atoms with van der Waals surface area (Å²) in [5, 5.41) is 0. The number of ether oxygens (including phenoxy) is 2. The first kappa shape index (κ1) is 8.77. The lowest BCUT2D eigenvalue weighted by atomic mass is 10.1. The zero-order valence-electron chi connectivity index (χ0n) is 6.83. The van der Waals surface area contributed by atoms with Crippen LogP contribution in [-0.4, -0.2) is 24.1 Å². The minimum atomic E-state index is -1.11. The van der Waals surface area contributed by atoms with Gasteiger partial charge in [0, 0.05) is 12.5 Å². The Kier molecular flexibility index (Phi) is 2.17. The average molecular weight is 170 g/mol. The van der Waals surface area contributed by atoms with Gasteiger partial charge in [-0.3, -0.25) is 0 Å². The van der Waals surface area contributed by atoms with Gasteiger partial charge in [-0.05, 0) is 6.92 Å². The standard InChI is InChI=1S/C8H10O4/c1-3-6(9)12-8(2)4-5-11-7(8)10/h3H,1,4-5H2,2H3/t8-/m1/s1. The number of cyclic esters (lactones) is 1. The molecular formula is C8H10O4. The molecule has 4 heteroatoms. The van der Waals surface area contributed by atoms with E-state index in [1.807, 2.05) is 0 Å². The molecule has 0 saturated carbocycles. The Balaban J connectivity index is 2.65. The molecule has 1 aliphatic heterocycles. The molecule has 0 amide bonds. The molecule has 1 rings (SSSR count). The molecule has 1 atom stereocenters. The first-order chi connectivity index (χ1) is 5.58. The highest BCUT2D eigenvalue weighted by Crippen LogP contribution is 2.23. The molecular weight excluding hydrogens is 160 g/mol. The zero-order chi connectivity index (χ0) is 9.19. The minimum absolute atomic E-state index is 0.305. The van der Waals surface area contributed by atoms with Crippen LogP contribution in [0.2, 0.25) is 0 Å². The summed E-state index contributed by atoms with van der Waals surface area (Å²) in [5.74, 6) is -1.09. The van der Waals surface area contributed by atoms with E-state index in [4.69, 9.17) is 4.74 Å². The Bertz CT molecular complexity index is 233. The molecule has 0 aromatic rings. The van der Waals surface area contributed by atoms with E-state index in [2.05, 4.69) is 11.3 Å². The van der Waals surface area contributed by atoms with Gasteiger partial charge < -0.3 is 9.47 Å². The van der Waals surface area contributed by atoms with Crippen LogP contribution in [0.3, 0.4) is 0 Å². The third kappa shape index (κ3) is 1.47. The molecule has 12 heavy (non-hydrogen) atoms. The Morgan fingerprint density at radius 2 is 2.50 bits per heavy atom. The Labute approximate surface area is 70.1 Å². The highest BCUT2D eigenvalue weighted by Gasteiger charge is 2.43. The lowest BCUT2D eigenvalue weighted by Crippen LogP contribution is -2.35. The van der Waals surface area contributed by atoms with Crippen molar-refractivity contribution in [1.82, 2.24) is 0 Å². The summed E-state index contributed by atoms with van der Waals surface area (Å²) in [5.41, 5.74) is -1.11. The lowest BCUT2D eigenvalue weighted by molar-refractivity contribution is -0.167. The second-order valence-corrected chi connectivity index (χ2v) is 2.74. The van der Waals surface area contributed by atoms with Gasteiger partial charge in [-0.1, -0.05) is 6.58 Å². The molecule has 0 N–H and O–H groups in total. The van der Waals surface area contributed by atoms with Gasteiger partial charge in [0.15, 0.2) is 0 Å². The van der Waals surface area contributed by atoms with Gasteiger partial charge >= 0.3 is 11.9 Å². The molecule has 0 bridgehead atoms. The fraction of sp³-hybridized carbons (Fsp3) is 0.500. The van der Waals surface area contributed by atoms with Gasteiger partial charge in [-0.15, -0.1) is 0 Å². The third-order valence-electron chi connectivity index (χ3n) is 1.74. The SMILES string of the molecule is C=CC(=O)O[C@]1(C)CCOC1=O. The van der Waals surface area contributed by atoms with Gasteiger partial charge in [0.1, 0.15) is 0 Å². The maximum absolute atomic E-state index is 11.0. The van der Waals surface area contributed by atoms with E-state index in [-0.39, 0.29) is 0 Å². The van der Waals surface area contributed by atoms with Crippen LogP contribution >= 0.6 is 0 Å². The van der Waals surface area contributed by atoms with E-state index in [0.717, 1.165) is 6.08 Å². The van der Waals surface area contributed by atoms with Gasteiger partial charge in [0.05, 0.1) is 6.61 Å². The Hall–Kier alpha value is -1.32. The largest absolute Gasteiger partial charge is 0.463 e. The van der Waals surface area contributed by atoms with Crippen molar-refractivity contribution in [2.75, 3.05) is 6.61 Å². The highest BCUT2D eigenvalue weighted by molar-refractivity contribution is 5.88. The number of hydrogen-bond donors (Lipinski definition) is 0. The van der Waals surface area contributed by atoms with Crippen LogP contribution in [0.1, 0.15) is 13.3 Å². The van der Waals surface area contributed by atoms with Crippen molar-refractivity contribution < 1.29 is 19.1 Å². The normalized spacial score (nSPS) is 27.9. The number of carbonyl (C=O) groups excluding carboxylic acids is 2.